The maximum absolute atomic E-state index is 13.0. The number of hydrogen-bond acceptors (Lipinski definition) is 6. The van der Waals surface area contributed by atoms with Gasteiger partial charge < -0.3 is 25.4 Å². The molecule has 1 unspecified atom stereocenters. The standard InChI is InChI=1S/C21H23F3N4O4/c22-21(23,24)13-28-12-14-10-15(32-9-3-8-26-18-4-1-2-7-25-18)5-6-16(14)27-17(20(28)31)11-19(29)30/h1-2,4-7,10,17,27H,3,8-9,11-13H2,(H,25,26)(H,29,30). The second kappa shape index (κ2) is 10.2. The van der Waals surface area contributed by atoms with E-state index in [-0.39, 0.29) is 6.54 Å². The molecule has 1 aliphatic rings. The number of ether oxygens (including phenoxy) is 1. The number of nitrogens with one attached hydrogen (secondary N) is 2. The zero-order chi connectivity index (χ0) is 23.1. The minimum Gasteiger partial charge on any atom is -0.494 e. The summed E-state index contributed by atoms with van der Waals surface area (Å²) in [6.07, 6.45) is -2.90. The number of carbonyl (C=O) groups is 2. The Balaban J connectivity index is 1.65. The van der Waals surface area contributed by atoms with Gasteiger partial charge in [0.2, 0.25) is 5.91 Å². The summed E-state index contributed by atoms with van der Waals surface area (Å²) in [6, 6.07) is 8.99. The average molecular weight is 452 g/mol. The maximum atomic E-state index is 13.0. The van der Waals surface area contributed by atoms with Crippen molar-refractivity contribution in [2.75, 3.05) is 30.3 Å². The Bertz CT molecular complexity index is 940. The number of fused-ring (bicyclic) bond motifs is 1. The summed E-state index contributed by atoms with van der Waals surface area (Å²) in [5.41, 5.74) is 0.818. The van der Waals surface area contributed by atoms with Gasteiger partial charge in [0.25, 0.3) is 0 Å². The Morgan fingerprint density at radius 1 is 1.31 bits per heavy atom. The normalized spacial score (nSPS) is 16.0. The number of rotatable bonds is 9. The van der Waals surface area contributed by atoms with Crippen LogP contribution in [-0.2, 0) is 16.1 Å². The molecule has 0 saturated heterocycles. The highest BCUT2D eigenvalue weighted by Gasteiger charge is 2.38. The Kier molecular flexibility index (Phi) is 7.39. The number of hydrogen-bond donors (Lipinski definition) is 3. The summed E-state index contributed by atoms with van der Waals surface area (Å²) in [4.78, 5) is 28.4. The highest BCUT2D eigenvalue weighted by Crippen LogP contribution is 2.30. The van der Waals surface area contributed by atoms with Crippen LogP contribution in [0.2, 0.25) is 0 Å². The zero-order valence-corrected chi connectivity index (χ0v) is 17.1. The van der Waals surface area contributed by atoms with Gasteiger partial charge in [0.05, 0.1) is 13.0 Å². The van der Waals surface area contributed by atoms with Gasteiger partial charge in [0, 0.05) is 25.0 Å². The number of nitrogens with zero attached hydrogens (tertiary/aromatic N) is 2. The van der Waals surface area contributed by atoms with Crippen molar-refractivity contribution in [3.05, 3.63) is 48.2 Å². The van der Waals surface area contributed by atoms with Crippen molar-refractivity contribution in [1.29, 1.82) is 0 Å². The number of carboxylic acid groups (broad SMARTS) is 1. The molecule has 8 nitrogen and oxygen atoms in total. The van der Waals surface area contributed by atoms with E-state index in [1.165, 1.54) is 0 Å². The van der Waals surface area contributed by atoms with Crippen molar-refractivity contribution < 1.29 is 32.6 Å². The molecule has 2 aromatic rings. The summed E-state index contributed by atoms with van der Waals surface area (Å²) in [7, 11) is 0. The van der Waals surface area contributed by atoms with E-state index >= 15 is 0 Å². The van der Waals surface area contributed by atoms with Crippen molar-refractivity contribution in [3.8, 4) is 5.75 Å². The van der Waals surface area contributed by atoms with Crippen LogP contribution in [0.25, 0.3) is 0 Å². The highest BCUT2D eigenvalue weighted by atomic mass is 19.4. The van der Waals surface area contributed by atoms with Gasteiger partial charge in [-0.15, -0.1) is 0 Å². The number of halogens is 3. The second-order valence-corrected chi connectivity index (χ2v) is 7.27. The van der Waals surface area contributed by atoms with Crippen LogP contribution in [0, 0.1) is 0 Å². The van der Waals surface area contributed by atoms with Crippen LogP contribution in [0.1, 0.15) is 18.4 Å². The van der Waals surface area contributed by atoms with Gasteiger partial charge in [-0.25, -0.2) is 4.98 Å². The molecule has 1 aliphatic heterocycles. The van der Waals surface area contributed by atoms with E-state index in [0.717, 1.165) is 5.82 Å². The monoisotopic (exact) mass is 452 g/mol. The molecule has 1 aromatic heterocycles. The molecule has 3 rings (SSSR count). The molecule has 1 amide bonds. The topological polar surface area (TPSA) is 104 Å². The third-order valence-corrected chi connectivity index (χ3v) is 4.69. The first kappa shape index (κ1) is 23.2. The lowest BCUT2D eigenvalue weighted by molar-refractivity contribution is -0.163. The summed E-state index contributed by atoms with van der Waals surface area (Å²) < 4.78 is 44.7. The van der Waals surface area contributed by atoms with Gasteiger partial charge in [0.1, 0.15) is 24.2 Å². The SMILES string of the molecule is O=C(O)CC1Nc2ccc(OCCCNc3ccccn3)cc2CN(CC(F)(F)F)C1=O. The summed E-state index contributed by atoms with van der Waals surface area (Å²) in [6.45, 7) is -0.796. The van der Waals surface area contributed by atoms with Gasteiger partial charge in [0.15, 0.2) is 0 Å². The predicted molar refractivity (Wildman–Crippen MR) is 110 cm³/mol. The number of carbonyl (C=O) groups excluding carboxylic acids is 1. The smallest absolute Gasteiger partial charge is 0.406 e. The number of alkyl halides is 3. The largest absolute Gasteiger partial charge is 0.494 e. The van der Waals surface area contributed by atoms with Crippen molar-refractivity contribution in [1.82, 2.24) is 9.88 Å². The molecule has 0 aliphatic carbocycles. The van der Waals surface area contributed by atoms with Crippen molar-refractivity contribution in [2.45, 2.75) is 31.6 Å². The molecule has 0 bridgehead atoms. The van der Waals surface area contributed by atoms with Gasteiger partial charge in [-0.1, -0.05) is 6.07 Å². The van der Waals surface area contributed by atoms with Crippen molar-refractivity contribution in [2.24, 2.45) is 0 Å². The lowest BCUT2D eigenvalue weighted by atomic mass is 10.1. The van der Waals surface area contributed by atoms with Gasteiger partial charge in [-0.3, -0.25) is 9.59 Å². The summed E-state index contributed by atoms with van der Waals surface area (Å²) in [5.74, 6) is -1.01. The number of benzene rings is 1. The first-order valence-corrected chi connectivity index (χ1v) is 9.96. The highest BCUT2D eigenvalue weighted by molar-refractivity contribution is 5.90. The molecule has 1 aromatic carbocycles. The molecule has 2 heterocycles. The molecule has 3 N–H and O–H groups in total. The van der Waals surface area contributed by atoms with Gasteiger partial charge in [-0.2, -0.15) is 13.2 Å². The van der Waals surface area contributed by atoms with E-state index in [0.29, 0.717) is 41.5 Å². The summed E-state index contributed by atoms with van der Waals surface area (Å²) >= 11 is 0. The molecular weight excluding hydrogens is 429 g/mol. The number of amides is 1. The minimum absolute atomic E-state index is 0.310. The Morgan fingerprint density at radius 3 is 2.81 bits per heavy atom. The van der Waals surface area contributed by atoms with E-state index in [1.54, 1.807) is 24.4 Å². The number of pyridine rings is 1. The molecule has 0 spiro atoms. The van der Waals surface area contributed by atoms with Crippen molar-refractivity contribution >= 4 is 23.4 Å². The van der Waals surface area contributed by atoms with E-state index in [4.69, 9.17) is 9.84 Å². The van der Waals surface area contributed by atoms with Crippen LogP contribution in [0.4, 0.5) is 24.7 Å². The van der Waals surface area contributed by atoms with Crippen LogP contribution in [0.5, 0.6) is 5.75 Å². The van der Waals surface area contributed by atoms with Crippen LogP contribution in [-0.4, -0.2) is 58.8 Å². The first-order chi connectivity index (χ1) is 15.2. The predicted octanol–water partition coefficient (Wildman–Crippen LogP) is 3.12. The Labute approximate surface area is 182 Å². The molecule has 172 valence electrons. The molecule has 1 atom stereocenters. The van der Waals surface area contributed by atoms with Crippen LogP contribution < -0.4 is 15.4 Å². The van der Waals surface area contributed by atoms with Crippen LogP contribution >= 0.6 is 0 Å². The van der Waals surface area contributed by atoms with Crippen LogP contribution in [0.3, 0.4) is 0 Å². The number of carboxylic acids is 1. The third kappa shape index (κ3) is 6.76. The third-order valence-electron chi connectivity index (χ3n) is 4.69. The second-order valence-electron chi connectivity index (χ2n) is 7.27. The Morgan fingerprint density at radius 2 is 2.12 bits per heavy atom. The number of aliphatic carboxylic acids is 1. The quantitative estimate of drug-likeness (QED) is 0.502. The van der Waals surface area contributed by atoms with Crippen LogP contribution in [0.15, 0.2) is 42.6 Å². The van der Waals surface area contributed by atoms with Gasteiger partial charge in [-0.05, 0) is 42.3 Å². The lowest BCUT2D eigenvalue weighted by Gasteiger charge is -2.24. The summed E-state index contributed by atoms with van der Waals surface area (Å²) in [5, 5.41) is 14.9. The van der Waals surface area contributed by atoms with E-state index in [1.807, 2.05) is 18.2 Å². The molecule has 11 heteroatoms. The maximum Gasteiger partial charge on any atom is 0.406 e. The molecule has 32 heavy (non-hydrogen) atoms. The zero-order valence-electron chi connectivity index (χ0n) is 17.1. The fourth-order valence-electron chi connectivity index (χ4n) is 3.29. The first-order valence-electron chi connectivity index (χ1n) is 9.96. The molecule has 0 saturated carbocycles. The molecule has 0 radical (unpaired) electrons. The number of aromatic nitrogens is 1. The van der Waals surface area contributed by atoms with E-state index in [2.05, 4.69) is 15.6 Å². The minimum atomic E-state index is -4.61. The molecule has 0 fully saturated rings. The Hall–Kier alpha value is -3.50. The lowest BCUT2D eigenvalue weighted by Crippen LogP contribution is -2.45. The average Bonchev–Trinajstić information content (AvgIpc) is 2.84. The van der Waals surface area contributed by atoms with E-state index < -0.39 is 37.1 Å². The molecular formula is C21H23F3N4O4. The fourth-order valence-corrected chi connectivity index (χ4v) is 3.29. The van der Waals surface area contributed by atoms with Crippen molar-refractivity contribution in [3.63, 3.8) is 0 Å². The van der Waals surface area contributed by atoms with Gasteiger partial charge >= 0.3 is 12.1 Å². The fraction of sp³-hybridized carbons (Fsp3) is 0.381. The number of anilines is 2. The van der Waals surface area contributed by atoms with E-state index in [9.17, 15) is 22.8 Å².